The molecule has 0 heterocycles. The van der Waals surface area contributed by atoms with E-state index >= 15 is 0 Å². The van der Waals surface area contributed by atoms with Crippen LogP contribution in [0.25, 0.3) is 11.8 Å². The Bertz CT molecular complexity index is 1400. The van der Waals surface area contributed by atoms with Crippen molar-refractivity contribution >= 4 is 41.2 Å². The lowest BCUT2D eigenvalue weighted by atomic mass is 10.2. The molecule has 5 rings (SSSR count). The smallest absolute Gasteiger partial charge is 0.139 e. The van der Waals surface area contributed by atoms with Gasteiger partial charge in [0, 0.05) is 11.8 Å². The van der Waals surface area contributed by atoms with Crippen LogP contribution in [0, 0.1) is 0 Å². The number of nitrogens with zero attached hydrogens (tertiary/aromatic N) is 1. The van der Waals surface area contributed by atoms with E-state index in [9.17, 15) is 0 Å². The van der Waals surface area contributed by atoms with Gasteiger partial charge in [0.15, 0.2) is 0 Å². The van der Waals surface area contributed by atoms with Crippen molar-refractivity contribution in [3.63, 3.8) is 0 Å². The van der Waals surface area contributed by atoms with Crippen LogP contribution in [-0.4, -0.2) is 6.21 Å². The summed E-state index contributed by atoms with van der Waals surface area (Å²) in [4.78, 5) is 0. The summed E-state index contributed by atoms with van der Waals surface area (Å²) >= 11 is 0. The number of nitrogens with one attached hydrogen (secondary N) is 1. The van der Waals surface area contributed by atoms with Gasteiger partial charge in [-0.15, -0.1) is 0 Å². The second-order valence-electron chi connectivity index (χ2n) is 8.80. The molecule has 0 atom stereocenters. The third-order valence-corrected chi connectivity index (χ3v) is 10.3. The topological polar surface area (TPSA) is 24.4 Å². The fourth-order valence-electron chi connectivity index (χ4n) is 4.51. The molecular formula is C35H30N2P+. The van der Waals surface area contributed by atoms with Gasteiger partial charge in [0.1, 0.15) is 23.2 Å². The first-order valence-corrected chi connectivity index (χ1v) is 14.6. The van der Waals surface area contributed by atoms with Crippen molar-refractivity contribution in [2.45, 2.75) is 0 Å². The summed E-state index contributed by atoms with van der Waals surface area (Å²) in [5.74, 6) is 2.42. The molecule has 0 unspecified atom stereocenters. The molecule has 5 aromatic rings. The fraction of sp³-hybridized carbons (Fsp3) is 0. The van der Waals surface area contributed by atoms with Gasteiger partial charge >= 0.3 is 0 Å². The number of allylic oxidation sites excluding steroid dienone is 1. The predicted molar refractivity (Wildman–Crippen MR) is 167 cm³/mol. The molecule has 0 fully saturated rings. The Kier molecular flexibility index (Phi) is 8.36. The minimum Gasteiger partial charge on any atom is -0.274 e. The number of hydrogen-bond donors (Lipinski definition) is 1. The molecule has 0 aliphatic heterocycles. The zero-order valence-electron chi connectivity index (χ0n) is 21.1. The second-order valence-corrected chi connectivity index (χ2v) is 12.1. The number of benzene rings is 5. The Balaban J connectivity index is 1.65. The summed E-state index contributed by atoms with van der Waals surface area (Å²) in [6.07, 6.45) is 5.81. The van der Waals surface area contributed by atoms with Crippen LogP contribution >= 0.6 is 7.26 Å². The number of hydrogen-bond acceptors (Lipinski definition) is 2. The Labute approximate surface area is 226 Å². The first-order valence-electron chi connectivity index (χ1n) is 12.7. The van der Waals surface area contributed by atoms with Crippen LogP contribution in [0.5, 0.6) is 0 Å². The van der Waals surface area contributed by atoms with Gasteiger partial charge in [-0.2, -0.15) is 5.10 Å². The standard InChI is InChI=1S/C35H30N2P/c1-6-17-30(18-7-1)19-16-28-36-37-35(31-20-8-2-9-21-31)29-38(32-22-10-3-11-23-32,33-24-12-4-13-25-33)34-26-14-5-15-27-34/h1-29,37H/q+1. The first kappa shape index (κ1) is 25.1. The minimum absolute atomic E-state index is 0.972. The first-order chi connectivity index (χ1) is 18.9. The lowest BCUT2D eigenvalue weighted by Crippen LogP contribution is -2.30. The summed E-state index contributed by atoms with van der Waals surface area (Å²) < 4.78 is 0. The Morgan fingerprint density at radius 3 is 1.42 bits per heavy atom. The Hall–Kier alpha value is -4.52. The molecule has 0 saturated heterocycles. The molecule has 0 amide bonds. The minimum atomic E-state index is -2.19. The molecule has 5 aromatic carbocycles. The van der Waals surface area contributed by atoms with E-state index < -0.39 is 7.26 Å². The molecule has 0 saturated carbocycles. The maximum atomic E-state index is 4.62. The third kappa shape index (κ3) is 5.89. The fourth-order valence-corrected chi connectivity index (χ4v) is 8.37. The van der Waals surface area contributed by atoms with Gasteiger partial charge in [-0.1, -0.05) is 121 Å². The molecule has 38 heavy (non-hydrogen) atoms. The van der Waals surface area contributed by atoms with E-state index in [0.717, 1.165) is 16.8 Å². The van der Waals surface area contributed by atoms with E-state index in [2.05, 4.69) is 144 Å². The maximum Gasteiger partial charge on any atom is 0.139 e. The average Bonchev–Trinajstić information content (AvgIpc) is 3.01. The number of rotatable bonds is 9. The maximum absolute atomic E-state index is 4.62. The molecule has 0 radical (unpaired) electrons. The molecule has 2 nitrogen and oxygen atoms in total. The van der Waals surface area contributed by atoms with Crippen molar-refractivity contribution in [3.8, 4) is 0 Å². The highest BCUT2D eigenvalue weighted by Crippen LogP contribution is 2.58. The number of hydrazone groups is 1. The van der Waals surface area contributed by atoms with E-state index in [1.54, 1.807) is 6.21 Å². The Morgan fingerprint density at radius 2 is 0.947 bits per heavy atom. The summed E-state index contributed by atoms with van der Waals surface area (Å²) in [5, 5.41) is 8.49. The van der Waals surface area contributed by atoms with E-state index in [1.165, 1.54) is 15.9 Å². The zero-order chi connectivity index (χ0) is 25.9. The molecule has 0 aliphatic carbocycles. The van der Waals surface area contributed by atoms with Crippen LogP contribution < -0.4 is 21.3 Å². The van der Waals surface area contributed by atoms with Crippen LogP contribution in [0.4, 0.5) is 0 Å². The van der Waals surface area contributed by atoms with Crippen molar-refractivity contribution in [3.05, 3.63) is 175 Å². The molecule has 0 aromatic heterocycles. The van der Waals surface area contributed by atoms with Gasteiger partial charge in [0.2, 0.25) is 0 Å². The highest BCUT2D eigenvalue weighted by Gasteiger charge is 2.44. The highest BCUT2D eigenvalue weighted by atomic mass is 31.2. The van der Waals surface area contributed by atoms with Crippen LogP contribution in [0.3, 0.4) is 0 Å². The molecule has 0 aliphatic rings. The molecule has 3 heteroatoms. The van der Waals surface area contributed by atoms with E-state index in [0.29, 0.717) is 0 Å². The average molecular weight is 510 g/mol. The van der Waals surface area contributed by atoms with Crippen molar-refractivity contribution in [2.24, 2.45) is 5.10 Å². The van der Waals surface area contributed by atoms with Gasteiger partial charge in [-0.25, -0.2) is 0 Å². The zero-order valence-corrected chi connectivity index (χ0v) is 22.0. The van der Waals surface area contributed by atoms with Gasteiger partial charge in [0.05, 0.1) is 11.5 Å². The van der Waals surface area contributed by atoms with Crippen LogP contribution in [0.15, 0.2) is 169 Å². The van der Waals surface area contributed by atoms with E-state index in [4.69, 9.17) is 0 Å². The predicted octanol–water partition coefficient (Wildman–Crippen LogP) is 7.27. The van der Waals surface area contributed by atoms with Gasteiger partial charge in [-0.05, 0) is 48.0 Å². The van der Waals surface area contributed by atoms with E-state index in [-0.39, 0.29) is 0 Å². The van der Waals surface area contributed by atoms with Crippen LogP contribution in [0.2, 0.25) is 0 Å². The summed E-state index contributed by atoms with van der Waals surface area (Å²) in [6.45, 7) is 0. The van der Waals surface area contributed by atoms with E-state index in [1.807, 2.05) is 36.4 Å². The van der Waals surface area contributed by atoms with Crippen molar-refractivity contribution < 1.29 is 0 Å². The lowest BCUT2D eigenvalue weighted by molar-refractivity contribution is 1.00. The summed E-state index contributed by atoms with van der Waals surface area (Å²) in [5.41, 5.74) is 6.59. The second kappa shape index (κ2) is 12.6. The molecular weight excluding hydrogens is 479 g/mol. The quantitative estimate of drug-likeness (QED) is 0.126. The van der Waals surface area contributed by atoms with Gasteiger partial charge in [-0.3, -0.25) is 5.43 Å². The normalized spacial score (nSPS) is 12.2. The third-order valence-electron chi connectivity index (χ3n) is 6.33. The van der Waals surface area contributed by atoms with Crippen molar-refractivity contribution in [2.75, 3.05) is 0 Å². The van der Waals surface area contributed by atoms with Crippen molar-refractivity contribution in [1.82, 2.24) is 5.43 Å². The summed E-state index contributed by atoms with van der Waals surface area (Å²) in [7, 11) is -2.19. The van der Waals surface area contributed by atoms with Crippen molar-refractivity contribution in [1.29, 1.82) is 0 Å². The summed E-state index contributed by atoms with van der Waals surface area (Å²) in [6, 6.07) is 53.2. The largest absolute Gasteiger partial charge is 0.274 e. The molecule has 0 bridgehead atoms. The highest BCUT2D eigenvalue weighted by molar-refractivity contribution is 7.98. The lowest BCUT2D eigenvalue weighted by Gasteiger charge is -2.25. The molecule has 184 valence electrons. The molecule has 1 N–H and O–H groups in total. The SMILES string of the molecule is C(=Cc1ccccc1)C=NNC(=C[P+](c1ccccc1)(c1ccccc1)c1ccccc1)c1ccccc1. The van der Waals surface area contributed by atoms with Crippen LogP contribution in [-0.2, 0) is 0 Å². The van der Waals surface area contributed by atoms with Gasteiger partial charge in [0.25, 0.3) is 0 Å². The monoisotopic (exact) mass is 509 g/mol. The Morgan fingerprint density at radius 1 is 0.526 bits per heavy atom. The van der Waals surface area contributed by atoms with Gasteiger partial charge < -0.3 is 0 Å². The molecule has 0 spiro atoms. The van der Waals surface area contributed by atoms with Crippen LogP contribution in [0.1, 0.15) is 11.1 Å².